The minimum atomic E-state index is -1.07. The standard InChI is InChI=1S/C22H32ClN5O.HI/c1-4-24-20(25-15-21(2,29)18-13-27-28(3)14-18)26-16-22(10-5-6-11-22)17-8-7-9-19(23)12-17;/h7-9,12-14,29H,4-6,10-11,15-16H2,1-3H3,(H2,24,25,26);1H. The van der Waals surface area contributed by atoms with E-state index in [2.05, 4.69) is 32.9 Å². The van der Waals surface area contributed by atoms with Crippen LogP contribution < -0.4 is 10.6 Å². The summed E-state index contributed by atoms with van der Waals surface area (Å²) >= 11 is 6.27. The Balaban J connectivity index is 0.00000320. The zero-order valence-corrected chi connectivity index (χ0v) is 21.1. The molecule has 0 radical (unpaired) electrons. The molecule has 1 aliphatic rings. The zero-order valence-electron chi connectivity index (χ0n) is 18.0. The maximum absolute atomic E-state index is 10.8. The Bertz CT molecular complexity index is 846. The molecule has 0 amide bonds. The third-order valence-electron chi connectivity index (χ3n) is 5.81. The maximum atomic E-state index is 10.8. The third-order valence-corrected chi connectivity index (χ3v) is 6.04. The van der Waals surface area contributed by atoms with Crippen LogP contribution in [0.1, 0.15) is 50.7 Å². The first-order valence-corrected chi connectivity index (χ1v) is 10.7. The van der Waals surface area contributed by atoms with E-state index in [0.717, 1.165) is 36.5 Å². The number of aliphatic imine (C=N–C) groups is 1. The molecule has 1 atom stereocenters. The lowest BCUT2D eigenvalue weighted by atomic mass is 9.79. The van der Waals surface area contributed by atoms with Crippen LogP contribution in [0.2, 0.25) is 5.02 Å². The highest BCUT2D eigenvalue weighted by atomic mass is 127. The van der Waals surface area contributed by atoms with E-state index in [1.165, 1.54) is 18.4 Å². The van der Waals surface area contributed by atoms with Gasteiger partial charge in [-0.25, -0.2) is 4.99 Å². The second-order valence-electron chi connectivity index (χ2n) is 8.22. The molecule has 0 bridgehead atoms. The number of aromatic nitrogens is 2. The Labute approximate surface area is 201 Å². The number of rotatable bonds is 7. The highest BCUT2D eigenvalue weighted by molar-refractivity contribution is 14.0. The van der Waals surface area contributed by atoms with Crippen LogP contribution in [0.15, 0.2) is 41.7 Å². The Morgan fingerprint density at radius 3 is 2.67 bits per heavy atom. The number of halogens is 2. The van der Waals surface area contributed by atoms with Crippen molar-refractivity contribution in [2.24, 2.45) is 12.0 Å². The summed E-state index contributed by atoms with van der Waals surface area (Å²) in [4.78, 5) is 4.66. The second kappa shape index (κ2) is 10.8. The van der Waals surface area contributed by atoms with Gasteiger partial charge in [-0.2, -0.15) is 5.10 Å². The second-order valence-corrected chi connectivity index (χ2v) is 8.66. The first-order chi connectivity index (χ1) is 13.8. The normalized spacial score (nSPS) is 17.8. The maximum Gasteiger partial charge on any atom is 0.191 e. The van der Waals surface area contributed by atoms with Crippen molar-refractivity contribution in [3.05, 3.63) is 52.8 Å². The summed E-state index contributed by atoms with van der Waals surface area (Å²) in [7, 11) is 1.84. The van der Waals surface area contributed by atoms with Crippen LogP contribution in [0.5, 0.6) is 0 Å². The lowest BCUT2D eigenvalue weighted by Crippen LogP contribution is -2.45. The lowest BCUT2D eigenvalue weighted by molar-refractivity contribution is 0.0671. The molecular formula is C22H33ClIN5O. The van der Waals surface area contributed by atoms with Gasteiger partial charge in [0, 0.05) is 42.3 Å². The fourth-order valence-corrected chi connectivity index (χ4v) is 4.25. The van der Waals surface area contributed by atoms with Gasteiger partial charge in [0.2, 0.25) is 0 Å². The lowest BCUT2D eigenvalue weighted by Gasteiger charge is -2.31. The predicted octanol–water partition coefficient (Wildman–Crippen LogP) is 3.97. The van der Waals surface area contributed by atoms with Gasteiger partial charge in [0.15, 0.2) is 5.96 Å². The summed E-state index contributed by atoms with van der Waals surface area (Å²) in [6.45, 7) is 5.59. The molecule has 8 heteroatoms. The highest BCUT2D eigenvalue weighted by Crippen LogP contribution is 2.41. The summed E-state index contributed by atoms with van der Waals surface area (Å²) in [5.74, 6) is 0.713. The summed E-state index contributed by atoms with van der Waals surface area (Å²) in [6.07, 6.45) is 8.21. The van der Waals surface area contributed by atoms with Crippen LogP contribution in [0.4, 0.5) is 0 Å². The smallest absolute Gasteiger partial charge is 0.191 e. The largest absolute Gasteiger partial charge is 0.383 e. The van der Waals surface area contributed by atoms with Crippen molar-refractivity contribution in [3.63, 3.8) is 0 Å². The quantitative estimate of drug-likeness (QED) is 0.280. The van der Waals surface area contributed by atoms with Crippen LogP contribution in [-0.4, -0.2) is 40.5 Å². The van der Waals surface area contributed by atoms with Gasteiger partial charge in [0.1, 0.15) is 5.60 Å². The highest BCUT2D eigenvalue weighted by Gasteiger charge is 2.36. The van der Waals surface area contributed by atoms with Gasteiger partial charge in [-0.05, 0) is 44.4 Å². The van der Waals surface area contributed by atoms with E-state index in [-0.39, 0.29) is 35.9 Å². The molecule has 166 valence electrons. The predicted molar refractivity (Wildman–Crippen MR) is 134 cm³/mol. The summed E-state index contributed by atoms with van der Waals surface area (Å²) in [5, 5.41) is 22.6. The number of nitrogens with zero attached hydrogens (tertiary/aromatic N) is 3. The van der Waals surface area contributed by atoms with Crippen molar-refractivity contribution >= 4 is 41.5 Å². The van der Waals surface area contributed by atoms with Gasteiger partial charge in [0.05, 0.1) is 12.7 Å². The van der Waals surface area contributed by atoms with Gasteiger partial charge in [0.25, 0.3) is 0 Å². The molecule has 1 aromatic carbocycles. The van der Waals surface area contributed by atoms with Crippen LogP contribution in [0.25, 0.3) is 0 Å². The number of aliphatic hydroxyl groups is 1. The zero-order chi connectivity index (χ0) is 20.9. The first-order valence-electron chi connectivity index (χ1n) is 10.3. The average Bonchev–Trinajstić information content (AvgIpc) is 3.34. The van der Waals surface area contributed by atoms with Gasteiger partial charge >= 0.3 is 0 Å². The molecule has 0 spiro atoms. The molecule has 1 saturated carbocycles. The number of hydrogen-bond donors (Lipinski definition) is 3. The molecular weight excluding hydrogens is 513 g/mol. The molecule has 1 fully saturated rings. The number of benzene rings is 1. The fraction of sp³-hybridized carbons (Fsp3) is 0.545. The van der Waals surface area contributed by atoms with E-state index in [1.807, 2.05) is 32.3 Å². The van der Waals surface area contributed by atoms with E-state index in [0.29, 0.717) is 5.96 Å². The molecule has 0 saturated heterocycles. The molecule has 30 heavy (non-hydrogen) atoms. The van der Waals surface area contributed by atoms with Crippen LogP contribution >= 0.6 is 35.6 Å². The first kappa shape index (κ1) is 24.9. The van der Waals surface area contributed by atoms with Crippen molar-refractivity contribution in [3.8, 4) is 0 Å². The Kier molecular flexibility index (Phi) is 8.99. The Morgan fingerprint density at radius 2 is 2.07 bits per heavy atom. The summed E-state index contributed by atoms with van der Waals surface area (Å²) < 4.78 is 1.69. The fourth-order valence-electron chi connectivity index (χ4n) is 4.06. The molecule has 6 nitrogen and oxygen atoms in total. The number of guanidine groups is 1. The minimum Gasteiger partial charge on any atom is -0.383 e. The van der Waals surface area contributed by atoms with Crippen LogP contribution in [-0.2, 0) is 18.1 Å². The van der Waals surface area contributed by atoms with Gasteiger partial charge < -0.3 is 15.7 Å². The Hall–Kier alpha value is -1.32. The van der Waals surface area contributed by atoms with Crippen molar-refractivity contribution in [1.29, 1.82) is 0 Å². The van der Waals surface area contributed by atoms with E-state index in [9.17, 15) is 5.11 Å². The van der Waals surface area contributed by atoms with Crippen molar-refractivity contribution in [2.45, 2.75) is 50.5 Å². The monoisotopic (exact) mass is 545 g/mol. The molecule has 3 rings (SSSR count). The number of nitrogens with one attached hydrogen (secondary N) is 2. The third kappa shape index (κ3) is 6.11. The molecule has 3 N–H and O–H groups in total. The molecule has 0 aliphatic heterocycles. The van der Waals surface area contributed by atoms with E-state index >= 15 is 0 Å². The van der Waals surface area contributed by atoms with E-state index < -0.39 is 5.60 Å². The number of hydrogen-bond acceptors (Lipinski definition) is 3. The summed E-state index contributed by atoms with van der Waals surface area (Å²) in [6, 6.07) is 8.22. The van der Waals surface area contributed by atoms with Crippen molar-refractivity contribution in [1.82, 2.24) is 20.4 Å². The molecule has 1 unspecified atom stereocenters. The minimum absolute atomic E-state index is 0. The number of aryl methyl sites for hydroxylation is 1. The molecule has 2 aromatic rings. The van der Waals surface area contributed by atoms with Crippen molar-refractivity contribution < 1.29 is 5.11 Å². The van der Waals surface area contributed by atoms with Crippen LogP contribution in [0, 0.1) is 0 Å². The average molecular weight is 546 g/mol. The SMILES string of the molecule is CCNC(=NCC(C)(O)c1cnn(C)c1)NCC1(c2cccc(Cl)c2)CCCC1.I. The van der Waals surface area contributed by atoms with E-state index in [1.54, 1.807) is 17.8 Å². The molecule has 1 aliphatic carbocycles. The van der Waals surface area contributed by atoms with E-state index in [4.69, 9.17) is 11.6 Å². The topological polar surface area (TPSA) is 74.5 Å². The Morgan fingerprint density at radius 1 is 1.33 bits per heavy atom. The molecule has 1 aromatic heterocycles. The van der Waals surface area contributed by atoms with Crippen molar-refractivity contribution in [2.75, 3.05) is 19.6 Å². The van der Waals surface area contributed by atoms with Gasteiger partial charge in [-0.15, -0.1) is 24.0 Å². The van der Waals surface area contributed by atoms with Crippen LogP contribution in [0.3, 0.4) is 0 Å². The molecule has 1 heterocycles. The summed E-state index contributed by atoms with van der Waals surface area (Å²) in [5.41, 5.74) is 1.03. The van der Waals surface area contributed by atoms with Gasteiger partial charge in [-0.1, -0.05) is 36.6 Å². The van der Waals surface area contributed by atoms with Gasteiger partial charge in [-0.3, -0.25) is 4.68 Å².